The van der Waals surface area contributed by atoms with Crippen LogP contribution in [-0.4, -0.2) is 10.1 Å². The Hall–Kier alpha value is -3.22. The van der Waals surface area contributed by atoms with Crippen LogP contribution in [0.5, 0.6) is 0 Å². The molecule has 0 bridgehead atoms. The summed E-state index contributed by atoms with van der Waals surface area (Å²) in [5.74, 6) is -1.67. The summed E-state index contributed by atoms with van der Waals surface area (Å²) in [6, 6.07) is 7.20. The van der Waals surface area contributed by atoms with Gasteiger partial charge in [0.15, 0.2) is 17.4 Å². The molecular formula is C16H9F2N3O2. The van der Waals surface area contributed by atoms with E-state index in [1.807, 2.05) is 0 Å². The molecule has 3 heterocycles. The first kappa shape index (κ1) is 13.4. The smallest absolute Gasteiger partial charge is 0.290 e. The van der Waals surface area contributed by atoms with Crippen molar-refractivity contribution in [1.82, 2.24) is 10.1 Å². The van der Waals surface area contributed by atoms with Gasteiger partial charge in [0.2, 0.25) is 0 Å². The number of hydrogen-bond acceptors (Lipinski definition) is 3. The van der Waals surface area contributed by atoms with Crippen LogP contribution in [0.25, 0.3) is 33.5 Å². The highest BCUT2D eigenvalue weighted by Crippen LogP contribution is 2.36. The van der Waals surface area contributed by atoms with Gasteiger partial charge >= 0.3 is 0 Å². The van der Waals surface area contributed by atoms with Crippen molar-refractivity contribution in [3.63, 3.8) is 0 Å². The lowest BCUT2D eigenvalue weighted by atomic mass is 10.0. The number of hydrogen-bond donors (Lipinski definition) is 1. The van der Waals surface area contributed by atoms with Crippen molar-refractivity contribution in [2.24, 2.45) is 0 Å². The molecule has 0 saturated carbocycles. The summed E-state index contributed by atoms with van der Waals surface area (Å²) in [5.41, 5.74) is 1.23. The van der Waals surface area contributed by atoms with E-state index in [1.165, 1.54) is 24.5 Å². The van der Waals surface area contributed by atoms with E-state index in [4.69, 9.17) is 4.52 Å². The van der Waals surface area contributed by atoms with Gasteiger partial charge in [0.1, 0.15) is 6.20 Å². The van der Waals surface area contributed by atoms with E-state index in [9.17, 15) is 14.0 Å². The highest BCUT2D eigenvalue weighted by Gasteiger charge is 2.22. The van der Waals surface area contributed by atoms with Crippen molar-refractivity contribution in [2.75, 3.05) is 0 Å². The molecule has 0 aliphatic rings. The molecule has 0 unspecified atom stereocenters. The molecule has 4 aromatic rings. The molecular weight excluding hydrogens is 304 g/mol. The Morgan fingerprint density at radius 1 is 1.09 bits per heavy atom. The van der Waals surface area contributed by atoms with Gasteiger partial charge in [-0.1, -0.05) is 17.3 Å². The summed E-state index contributed by atoms with van der Waals surface area (Å²) in [6.45, 7) is 0. The minimum absolute atomic E-state index is 0.0431. The molecule has 114 valence electrons. The third kappa shape index (κ3) is 1.97. The number of pyridine rings is 1. The zero-order valence-corrected chi connectivity index (χ0v) is 11.6. The van der Waals surface area contributed by atoms with E-state index in [0.29, 0.717) is 26.9 Å². The topological polar surface area (TPSA) is 68.8 Å². The van der Waals surface area contributed by atoms with Crippen molar-refractivity contribution in [2.45, 2.75) is 0 Å². The number of nitrogens with one attached hydrogen (secondary N) is 1. The first-order valence-electron chi connectivity index (χ1n) is 6.75. The van der Waals surface area contributed by atoms with Gasteiger partial charge in [0.25, 0.3) is 5.65 Å². The quantitative estimate of drug-likeness (QED) is 0.455. The van der Waals surface area contributed by atoms with Crippen LogP contribution >= 0.6 is 0 Å². The van der Waals surface area contributed by atoms with Crippen LogP contribution in [0.3, 0.4) is 0 Å². The lowest BCUT2D eigenvalue weighted by Gasteiger charge is -2.03. The van der Waals surface area contributed by atoms with Crippen molar-refractivity contribution >= 4 is 11.0 Å². The van der Waals surface area contributed by atoms with Crippen LogP contribution in [0.2, 0.25) is 0 Å². The summed E-state index contributed by atoms with van der Waals surface area (Å²) in [5, 5.41) is 16.0. The number of aromatic amines is 1. The third-order valence-electron chi connectivity index (χ3n) is 3.66. The molecule has 5 nitrogen and oxygen atoms in total. The van der Waals surface area contributed by atoms with Crippen molar-refractivity contribution in [3.05, 3.63) is 65.8 Å². The molecule has 1 N–H and O–H groups in total. The molecule has 0 spiro atoms. The second kappa shape index (κ2) is 4.91. The van der Waals surface area contributed by atoms with E-state index in [-0.39, 0.29) is 11.3 Å². The molecule has 4 rings (SSSR count). The summed E-state index contributed by atoms with van der Waals surface area (Å²) in [4.78, 5) is 2.84. The summed E-state index contributed by atoms with van der Waals surface area (Å²) >= 11 is 0. The van der Waals surface area contributed by atoms with Crippen LogP contribution in [0.15, 0.2) is 53.4 Å². The van der Waals surface area contributed by atoms with Gasteiger partial charge in [-0.2, -0.15) is 0 Å². The first-order chi connectivity index (χ1) is 11.2. The molecule has 7 heteroatoms. The monoisotopic (exact) mass is 313 g/mol. The molecule has 1 aromatic carbocycles. The SMILES string of the molecule is [O-][n+]1cccc2c(-c3oncc3-c3cccc(F)c3F)c[nH]c21. The third-order valence-corrected chi connectivity index (χ3v) is 3.66. The minimum atomic E-state index is -0.976. The van der Waals surface area contributed by atoms with Crippen LogP contribution < -0.4 is 4.73 Å². The normalized spacial score (nSPS) is 11.2. The predicted molar refractivity (Wildman–Crippen MR) is 78.1 cm³/mol. The van der Waals surface area contributed by atoms with E-state index < -0.39 is 11.6 Å². The van der Waals surface area contributed by atoms with Gasteiger partial charge < -0.3 is 9.73 Å². The summed E-state index contributed by atoms with van der Waals surface area (Å²) in [6.07, 6.45) is 4.25. The molecule has 0 fully saturated rings. The van der Waals surface area contributed by atoms with Crippen LogP contribution in [0.4, 0.5) is 8.78 Å². The van der Waals surface area contributed by atoms with E-state index in [0.717, 1.165) is 6.07 Å². The Kier molecular flexibility index (Phi) is 2.87. The lowest BCUT2D eigenvalue weighted by molar-refractivity contribution is -0.579. The molecule has 0 atom stereocenters. The van der Waals surface area contributed by atoms with Gasteiger partial charge in [0.05, 0.1) is 28.9 Å². The first-order valence-corrected chi connectivity index (χ1v) is 6.75. The molecule has 0 aliphatic carbocycles. The Labute approximate surface area is 128 Å². The number of aromatic nitrogens is 3. The highest BCUT2D eigenvalue weighted by molar-refractivity contribution is 5.95. The number of fused-ring (bicyclic) bond motifs is 1. The molecule has 0 saturated heterocycles. The maximum Gasteiger partial charge on any atom is 0.290 e. The summed E-state index contributed by atoms with van der Waals surface area (Å²) < 4.78 is 33.4. The maximum atomic E-state index is 14.1. The zero-order chi connectivity index (χ0) is 16.0. The fourth-order valence-corrected chi connectivity index (χ4v) is 2.59. The Morgan fingerprint density at radius 2 is 1.96 bits per heavy atom. The average Bonchev–Trinajstić information content (AvgIpc) is 3.16. The van der Waals surface area contributed by atoms with Crippen molar-refractivity contribution in [3.8, 4) is 22.5 Å². The highest BCUT2D eigenvalue weighted by atomic mass is 19.2. The molecule has 0 radical (unpaired) electrons. The van der Waals surface area contributed by atoms with Gasteiger partial charge in [-0.05, 0) is 18.2 Å². The number of rotatable bonds is 2. The average molecular weight is 313 g/mol. The van der Waals surface area contributed by atoms with E-state index >= 15 is 0 Å². The fourth-order valence-electron chi connectivity index (χ4n) is 2.59. The van der Waals surface area contributed by atoms with Crippen LogP contribution in [0.1, 0.15) is 0 Å². The second-order valence-corrected chi connectivity index (χ2v) is 4.97. The predicted octanol–water partition coefficient (Wildman–Crippen LogP) is 3.40. The standard InChI is InChI=1S/C16H9F2N3O2/c17-13-5-1-3-9(14(13)18)12-8-20-23-15(12)11-7-19-16-10(11)4-2-6-21(16)22/h1-8,19H. The van der Waals surface area contributed by atoms with Gasteiger partial charge in [-0.3, -0.25) is 0 Å². The van der Waals surface area contributed by atoms with E-state index in [1.54, 1.807) is 18.3 Å². The van der Waals surface area contributed by atoms with Crippen molar-refractivity contribution in [1.29, 1.82) is 0 Å². The largest absolute Gasteiger partial charge is 0.711 e. The van der Waals surface area contributed by atoms with Gasteiger partial charge in [0, 0.05) is 5.56 Å². The van der Waals surface area contributed by atoms with Crippen LogP contribution in [0, 0.1) is 16.8 Å². The maximum absolute atomic E-state index is 14.1. The number of halogens is 2. The molecule has 0 aliphatic heterocycles. The molecule has 0 amide bonds. The van der Waals surface area contributed by atoms with Gasteiger partial charge in [-0.15, -0.1) is 0 Å². The van der Waals surface area contributed by atoms with Crippen molar-refractivity contribution < 1.29 is 18.0 Å². The Balaban J connectivity index is 1.96. The van der Waals surface area contributed by atoms with E-state index in [2.05, 4.69) is 10.1 Å². The Morgan fingerprint density at radius 3 is 2.83 bits per heavy atom. The van der Waals surface area contributed by atoms with Crippen LogP contribution in [-0.2, 0) is 0 Å². The minimum Gasteiger partial charge on any atom is -0.711 e. The number of benzene rings is 1. The number of nitrogens with zero attached hydrogens (tertiary/aromatic N) is 2. The summed E-state index contributed by atoms with van der Waals surface area (Å²) in [7, 11) is 0. The molecule has 3 aromatic heterocycles. The fraction of sp³-hybridized carbons (Fsp3) is 0. The second-order valence-electron chi connectivity index (χ2n) is 4.97. The van der Waals surface area contributed by atoms with Gasteiger partial charge in [-0.25, -0.2) is 18.5 Å². The zero-order valence-electron chi connectivity index (χ0n) is 11.6. The number of H-pyrrole nitrogens is 1. The molecule has 23 heavy (non-hydrogen) atoms. The lowest BCUT2D eigenvalue weighted by Crippen LogP contribution is -2.25. The Bertz CT molecular complexity index is 1020.